The van der Waals surface area contributed by atoms with Crippen molar-refractivity contribution in [2.24, 2.45) is 0 Å². The molecular weight excluding hydrogens is 292 g/mol. The van der Waals surface area contributed by atoms with Gasteiger partial charge in [0.2, 0.25) is 0 Å². The lowest BCUT2D eigenvalue weighted by molar-refractivity contribution is 0.0949. The summed E-state index contributed by atoms with van der Waals surface area (Å²) in [7, 11) is 0. The summed E-state index contributed by atoms with van der Waals surface area (Å²) >= 11 is 0. The molecule has 0 spiro atoms. The van der Waals surface area contributed by atoms with Gasteiger partial charge in [-0.05, 0) is 24.6 Å². The van der Waals surface area contributed by atoms with Crippen LogP contribution in [0.1, 0.15) is 21.7 Å². The van der Waals surface area contributed by atoms with Crippen molar-refractivity contribution in [2.45, 2.75) is 13.5 Å². The van der Waals surface area contributed by atoms with E-state index in [-0.39, 0.29) is 18.2 Å². The summed E-state index contributed by atoms with van der Waals surface area (Å²) in [6.45, 7) is 2.00. The molecule has 0 atom stereocenters. The van der Waals surface area contributed by atoms with Gasteiger partial charge in [-0.25, -0.2) is 4.98 Å². The Hall–Kier alpha value is -3.15. The highest BCUT2D eigenvalue weighted by atomic mass is 16.3. The quantitative estimate of drug-likeness (QED) is 0.690. The summed E-state index contributed by atoms with van der Waals surface area (Å²) in [4.78, 5) is 16.4. The highest BCUT2D eigenvalue weighted by Crippen LogP contribution is 2.17. The van der Waals surface area contributed by atoms with Crippen LogP contribution in [0.5, 0.6) is 5.75 Å². The Morgan fingerprint density at radius 2 is 2.00 bits per heavy atom. The second kappa shape index (κ2) is 6.31. The van der Waals surface area contributed by atoms with Crippen LogP contribution in [-0.2, 0) is 6.54 Å². The number of aromatic amines is 1. The van der Waals surface area contributed by atoms with E-state index in [1.54, 1.807) is 19.1 Å². The van der Waals surface area contributed by atoms with Gasteiger partial charge in [-0.1, -0.05) is 36.4 Å². The largest absolute Gasteiger partial charge is 0.508 e. The first-order chi connectivity index (χ1) is 11.1. The molecule has 3 N–H and O–H groups in total. The summed E-state index contributed by atoms with van der Waals surface area (Å²) in [6.07, 6.45) is 0. The Kier molecular flexibility index (Phi) is 4.05. The van der Waals surface area contributed by atoms with Crippen molar-refractivity contribution in [3.8, 4) is 17.1 Å². The number of carbonyl (C=O) groups is 1. The lowest BCUT2D eigenvalue weighted by atomic mass is 10.1. The predicted molar refractivity (Wildman–Crippen MR) is 85.8 cm³/mol. The summed E-state index contributed by atoms with van der Waals surface area (Å²) in [5.41, 5.74) is 2.03. The molecule has 1 heterocycles. The van der Waals surface area contributed by atoms with Crippen LogP contribution < -0.4 is 5.32 Å². The normalized spacial score (nSPS) is 10.5. The maximum atomic E-state index is 12.1. The maximum Gasteiger partial charge on any atom is 0.251 e. The molecule has 0 aliphatic carbocycles. The molecule has 3 rings (SSSR count). The molecule has 116 valence electrons. The smallest absolute Gasteiger partial charge is 0.251 e. The molecule has 2 aromatic carbocycles. The first kappa shape index (κ1) is 14.8. The van der Waals surface area contributed by atoms with Gasteiger partial charge in [-0.3, -0.25) is 9.89 Å². The molecule has 0 aliphatic rings. The minimum Gasteiger partial charge on any atom is -0.508 e. The van der Waals surface area contributed by atoms with E-state index in [4.69, 9.17) is 0 Å². The van der Waals surface area contributed by atoms with Crippen LogP contribution in [0.25, 0.3) is 11.4 Å². The van der Waals surface area contributed by atoms with Crippen molar-refractivity contribution < 1.29 is 9.90 Å². The zero-order valence-electron chi connectivity index (χ0n) is 12.6. The SMILES string of the molecule is Cc1ccc(C(=O)NCc2nc(-c3ccccc3)n[nH]2)cc1O. The fourth-order valence-electron chi connectivity index (χ4n) is 2.11. The number of phenolic OH excluding ortho intramolecular Hbond substituents is 1. The van der Waals surface area contributed by atoms with E-state index in [0.717, 1.165) is 11.1 Å². The van der Waals surface area contributed by atoms with Crippen molar-refractivity contribution in [2.75, 3.05) is 0 Å². The van der Waals surface area contributed by atoms with Gasteiger partial charge in [0, 0.05) is 11.1 Å². The number of rotatable bonds is 4. The Labute approximate surface area is 133 Å². The van der Waals surface area contributed by atoms with E-state index in [1.807, 2.05) is 30.3 Å². The monoisotopic (exact) mass is 308 g/mol. The molecular formula is C17H16N4O2. The first-order valence-electron chi connectivity index (χ1n) is 7.18. The van der Waals surface area contributed by atoms with Gasteiger partial charge in [0.25, 0.3) is 5.91 Å². The molecule has 0 radical (unpaired) electrons. The van der Waals surface area contributed by atoms with Crippen molar-refractivity contribution >= 4 is 5.91 Å². The number of nitrogens with zero attached hydrogens (tertiary/aromatic N) is 2. The van der Waals surface area contributed by atoms with Gasteiger partial charge < -0.3 is 10.4 Å². The van der Waals surface area contributed by atoms with Crippen LogP contribution in [-0.4, -0.2) is 26.2 Å². The van der Waals surface area contributed by atoms with E-state index in [2.05, 4.69) is 20.5 Å². The van der Waals surface area contributed by atoms with Crippen LogP contribution >= 0.6 is 0 Å². The highest BCUT2D eigenvalue weighted by Gasteiger charge is 2.10. The fourth-order valence-corrected chi connectivity index (χ4v) is 2.11. The molecule has 0 saturated carbocycles. The number of hydrogen-bond acceptors (Lipinski definition) is 4. The summed E-state index contributed by atoms with van der Waals surface area (Å²) < 4.78 is 0. The summed E-state index contributed by atoms with van der Waals surface area (Å²) in [5.74, 6) is 0.970. The number of aromatic nitrogens is 3. The van der Waals surface area contributed by atoms with Crippen molar-refractivity contribution in [3.05, 3.63) is 65.5 Å². The van der Waals surface area contributed by atoms with E-state index < -0.39 is 0 Å². The Morgan fingerprint density at radius 3 is 2.74 bits per heavy atom. The molecule has 1 amide bonds. The molecule has 1 aromatic heterocycles. The average molecular weight is 308 g/mol. The number of nitrogens with one attached hydrogen (secondary N) is 2. The Morgan fingerprint density at radius 1 is 1.22 bits per heavy atom. The summed E-state index contributed by atoms with van der Waals surface area (Å²) in [6, 6.07) is 14.4. The standard InChI is InChI=1S/C17H16N4O2/c1-11-7-8-13(9-14(11)22)17(23)18-10-15-19-16(21-20-15)12-5-3-2-4-6-12/h2-9,22H,10H2,1H3,(H,18,23)(H,19,20,21). The van der Waals surface area contributed by atoms with Gasteiger partial charge in [0.15, 0.2) is 5.82 Å². The number of amides is 1. The van der Waals surface area contributed by atoms with E-state index >= 15 is 0 Å². The summed E-state index contributed by atoms with van der Waals surface area (Å²) in [5, 5.41) is 19.3. The number of carbonyl (C=O) groups excluding carboxylic acids is 1. The van der Waals surface area contributed by atoms with Crippen molar-refractivity contribution in [3.63, 3.8) is 0 Å². The molecule has 0 aliphatic heterocycles. The Bertz CT molecular complexity index is 828. The maximum absolute atomic E-state index is 12.1. The van der Waals surface area contributed by atoms with Gasteiger partial charge in [-0.15, -0.1) is 0 Å². The number of H-pyrrole nitrogens is 1. The zero-order valence-corrected chi connectivity index (χ0v) is 12.6. The van der Waals surface area contributed by atoms with E-state index in [9.17, 15) is 9.90 Å². The minimum atomic E-state index is -0.280. The zero-order chi connectivity index (χ0) is 16.2. The van der Waals surface area contributed by atoms with E-state index in [0.29, 0.717) is 17.2 Å². The van der Waals surface area contributed by atoms with Gasteiger partial charge in [-0.2, -0.15) is 5.10 Å². The minimum absolute atomic E-state index is 0.101. The highest BCUT2D eigenvalue weighted by molar-refractivity contribution is 5.94. The molecule has 6 nitrogen and oxygen atoms in total. The lowest BCUT2D eigenvalue weighted by Gasteiger charge is -2.05. The molecule has 0 fully saturated rings. The van der Waals surface area contributed by atoms with Gasteiger partial charge in [0.05, 0.1) is 6.54 Å². The second-order valence-corrected chi connectivity index (χ2v) is 5.16. The van der Waals surface area contributed by atoms with Gasteiger partial charge >= 0.3 is 0 Å². The molecule has 6 heteroatoms. The number of aromatic hydroxyl groups is 1. The second-order valence-electron chi connectivity index (χ2n) is 5.16. The number of phenols is 1. The topological polar surface area (TPSA) is 90.9 Å². The number of hydrogen-bond donors (Lipinski definition) is 3. The molecule has 0 unspecified atom stereocenters. The van der Waals surface area contributed by atoms with Crippen LogP contribution in [0.4, 0.5) is 0 Å². The third-order valence-electron chi connectivity index (χ3n) is 3.45. The number of aryl methyl sites for hydroxylation is 1. The van der Waals surface area contributed by atoms with E-state index in [1.165, 1.54) is 6.07 Å². The van der Waals surface area contributed by atoms with Crippen molar-refractivity contribution in [1.82, 2.24) is 20.5 Å². The lowest BCUT2D eigenvalue weighted by Crippen LogP contribution is -2.23. The predicted octanol–water partition coefficient (Wildman–Crippen LogP) is 2.42. The van der Waals surface area contributed by atoms with Crippen LogP contribution in [0, 0.1) is 6.92 Å². The van der Waals surface area contributed by atoms with Crippen LogP contribution in [0.15, 0.2) is 48.5 Å². The average Bonchev–Trinajstić information content (AvgIpc) is 3.05. The molecule has 3 aromatic rings. The third-order valence-corrected chi connectivity index (χ3v) is 3.45. The molecule has 23 heavy (non-hydrogen) atoms. The van der Waals surface area contributed by atoms with Crippen molar-refractivity contribution in [1.29, 1.82) is 0 Å². The fraction of sp³-hybridized carbons (Fsp3) is 0.118. The first-order valence-corrected chi connectivity index (χ1v) is 7.18. The van der Waals surface area contributed by atoms with Gasteiger partial charge in [0.1, 0.15) is 11.6 Å². The molecule has 0 bridgehead atoms. The number of benzene rings is 2. The molecule has 0 saturated heterocycles. The van der Waals surface area contributed by atoms with Crippen LogP contribution in [0.2, 0.25) is 0 Å². The van der Waals surface area contributed by atoms with Crippen LogP contribution in [0.3, 0.4) is 0 Å². The Balaban J connectivity index is 1.65. The third kappa shape index (κ3) is 3.37.